The number of aromatic nitrogens is 3. The number of ether oxygens (including phenoxy) is 1. The Labute approximate surface area is 107 Å². The Morgan fingerprint density at radius 1 is 1.47 bits per heavy atom. The van der Waals surface area contributed by atoms with Gasteiger partial charge in [-0.1, -0.05) is 6.07 Å². The molecule has 7 heteroatoms. The summed E-state index contributed by atoms with van der Waals surface area (Å²) in [6, 6.07) is 4.94. The molecule has 0 saturated heterocycles. The summed E-state index contributed by atoms with van der Waals surface area (Å²) in [7, 11) is 1.44. The number of methoxy groups -OCH3 is 1. The average Bonchev–Trinajstić information content (AvgIpc) is 2.60. The minimum absolute atomic E-state index is 0. The fourth-order valence-corrected chi connectivity index (χ4v) is 1.20. The largest absolute Gasteiger partial charge is 1.00 e. The van der Waals surface area contributed by atoms with Crippen LogP contribution in [0.15, 0.2) is 18.2 Å². The zero-order valence-electron chi connectivity index (χ0n) is 8.30. The van der Waals surface area contributed by atoms with Gasteiger partial charge in [-0.15, -0.1) is 10.2 Å². The van der Waals surface area contributed by atoms with E-state index in [1.807, 2.05) is 0 Å². The van der Waals surface area contributed by atoms with Gasteiger partial charge in [0.25, 0.3) is 0 Å². The van der Waals surface area contributed by atoms with Crippen molar-refractivity contribution >= 4 is 11.6 Å². The first-order chi connectivity index (χ1) is 6.74. The molecule has 15 heavy (non-hydrogen) atoms. The zero-order valence-corrected chi connectivity index (χ0v) is 10.3. The van der Waals surface area contributed by atoms with Crippen LogP contribution in [0.2, 0.25) is 0 Å². The molecule has 0 bridgehead atoms. The van der Waals surface area contributed by atoms with Crippen LogP contribution in [0, 0.1) is 0 Å². The van der Waals surface area contributed by atoms with Crippen LogP contribution >= 0.6 is 0 Å². The van der Waals surface area contributed by atoms with E-state index in [-0.39, 0.29) is 35.4 Å². The van der Waals surface area contributed by atoms with Crippen LogP contribution in [0.4, 0.5) is 0 Å². The van der Waals surface area contributed by atoms with Crippen molar-refractivity contribution < 1.29 is 44.2 Å². The van der Waals surface area contributed by atoms with Crippen LogP contribution < -0.4 is 39.4 Å². The predicted octanol–water partition coefficient (Wildman–Crippen LogP) is -3.89. The minimum Gasteiger partial charge on any atom is -0.541 e. The summed E-state index contributed by atoms with van der Waals surface area (Å²) in [4.78, 5) is 10.7. The molecule has 2 heterocycles. The molecule has 0 saturated carbocycles. The van der Waals surface area contributed by atoms with E-state index in [4.69, 9.17) is 4.74 Å². The number of hydrogen-bond donors (Lipinski definition) is 0. The van der Waals surface area contributed by atoms with E-state index in [1.54, 1.807) is 18.2 Å². The van der Waals surface area contributed by atoms with E-state index >= 15 is 0 Å². The normalized spacial score (nSPS) is 9.67. The van der Waals surface area contributed by atoms with Crippen molar-refractivity contribution in [3.05, 3.63) is 24.0 Å². The standard InChI is InChI=1S/C8H7N3O3.Na/c1-14-6-4-2-3-5-9-10-7(8(12)13)11(5)6;/h2-4H,1H3,(H,12,13);/q;+1/p-1. The zero-order chi connectivity index (χ0) is 10.1. The van der Waals surface area contributed by atoms with Crippen LogP contribution in [0.3, 0.4) is 0 Å². The maximum atomic E-state index is 10.7. The molecule has 0 aromatic carbocycles. The van der Waals surface area contributed by atoms with Crippen molar-refractivity contribution in [1.29, 1.82) is 0 Å². The Balaban J connectivity index is 0.00000112. The van der Waals surface area contributed by atoms with Gasteiger partial charge >= 0.3 is 29.6 Å². The Bertz CT molecular complexity index is 497. The van der Waals surface area contributed by atoms with Crippen molar-refractivity contribution in [2.24, 2.45) is 0 Å². The van der Waals surface area contributed by atoms with Crippen molar-refractivity contribution in [2.75, 3.05) is 7.11 Å². The number of nitrogens with zero attached hydrogens (tertiary/aromatic N) is 3. The Hall–Kier alpha value is -1.11. The van der Waals surface area contributed by atoms with Crippen molar-refractivity contribution in [1.82, 2.24) is 14.6 Å². The van der Waals surface area contributed by atoms with E-state index in [0.29, 0.717) is 11.5 Å². The molecule has 2 aromatic rings. The van der Waals surface area contributed by atoms with E-state index < -0.39 is 5.97 Å². The second-order valence-corrected chi connectivity index (χ2v) is 2.57. The monoisotopic (exact) mass is 215 g/mol. The molecular formula is C8H6N3NaO3. The number of rotatable bonds is 2. The van der Waals surface area contributed by atoms with Crippen LogP contribution in [-0.2, 0) is 0 Å². The van der Waals surface area contributed by atoms with E-state index in [2.05, 4.69) is 10.2 Å². The number of carboxylic acid groups (broad SMARTS) is 1. The number of hydrogen-bond acceptors (Lipinski definition) is 5. The van der Waals surface area contributed by atoms with Gasteiger partial charge in [0.1, 0.15) is 5.97 Å². The number of aromatic carboxylic acids is 1. The number of carbonyl (C=O) groups excluding carboxylic acids is 1. The summed E-state index contributed by atoms with van der Waals surface area (Å²) < 4.78 is 6.24. The quantitative estimate of drug-likeness (QED) is 0.478. The topological polar surface area (TPSA) is 79.5 Å². The minimum atomic E-state index is -1.39. The predicted molar refractivity (Wildman–Crippen MR) is 43.9 cm³/mol. The maximum Gasteiger partial charge on any atom is 1.00 e. The van der Waals surface area contributed by atoms with Gasteiger partial charge in [-0.25, -0.2) is 4.40 Å². The molecule has 0 N–H and O–H groups in total. The van der Waals surface area contributed by atoms with Gasteiger partial charge in [-0.3, -0.25) is 0 Å². The van der Waals surface area contributed by atoms with E-state index in [1.165, 1.54) is 11.5 Å². The smallest absolute Gasteiger partial charge is 0.541 e. The third kappa shape index (κ3) is 1.97. The van der Waals surface area contributed by atoms with Gasteiger partial charge in [0.2, 0.25) is 5.88 Å². The van der Waals surface area contributed by atoms with Gasteiger partial charge in [0.15, 0.2) is 11.5 Å². The molecule has 2 rings (SSSR count). The van der Waals surface area contributed by atoms with Crippen LogP contribution in [-0.4, -0.2) is 27.7 Å². The Morgan fingerprint density at radius 3 is 2.80 bits per heavy atom. The molecule has 0 aliphatic rings. The van der Waals surface area contributed by atoms with Gasteiger partial charge in [0.05, 0.1) is 7.11 Å². The third-order valence-electron chi connectivity index (χ3n) is 1.78. The summed E-state index contributed by atoms with van der Waals surface area (Å²) in [5.41, 5.74) is 0.406. The molecule has 6 nitrogen and oxygen atoms in total. The fourth-order valence-electron chi connectivity index (χ4n) is 1.20. The molecule has 0 radical (unpaired) electrons. The first-order valence-corrected chi connectivity index (χ1v) is 3.83. The molecule has 0 amide bonds. The first-order valence-electron chi connectivity index (χ1n) is 3.83. The molecule has 0 fully saturated rings. The molecule has 0 aliphatic carbocycles. The molecule has 0 aliphatic heterocycles. The van der Waals surface area contributed by atoms with Gasteiger partial charge < -0.3 is 14.6 Å². The summed E-state index contributed by atoms with van der Waals surface area (Å²) in [5.74, 6) is -1.30. The second kappa shape index (κ2) is 4.61. The van der Waals surface area contributed by atoms with E-state index in [9.17, 15) is 9.90 Å². The number of carboxylic acids is 1. The first kappa shape index (κ1) is 12.0. The van der Waals surface area contributed by atoms with Crippen LogP contribution in [0.5, 0.6) is 5.88 Å². The Kier molecular flexibility index (Phi) is 3.67. The number of fused-ring (bicyclic) bond motifs is 1. The summed E-state index contributed by atoms with van der Waals surface area (Å²) in [6.07, 6.45) is 0. The summed E-state index contributed by atoms with van der Waals surface area (Å²) >= 11 is 0. The van der Waals surface area contributed by atoms with Gasteiger partial charge in [0, 0.05) is 0 Å². The summed E-state index contributed by atoms with van der Waals surface area (Å²) in [6.45, 7) is 0. The van der Waals surface area contributed by atoms with Crippen LogP contribution in [0.1, 0.15) is 10.6 Å². The number of pyridine rings is 1. The van der Waals surface area contributed by atoms with Gasteiger partial charge in [-0.05, 0) is 12.1 Å². The number of carbonyl (C=O) groups is 1. The molecule has 0 atom stereocenters. The molecule has 72 valence electrons. The molecule has 0 unspecified atom stereocenters. The van der Waals surface area contributed by atoms with Gasteiger partial charge in [-0.2, -0.15) is 0 Å². The SMILES string of the molecule is COc1cccc2nnc(C(=O)[O-])n12.[Na+]. The molecule has 2 aromatic heterocycles. The van der Waals surface area contributed by atoms with Crippen molar-refractivity contribution in [3.8, 4) is 5.88 Å². The average molecular weight is 215 g/mol. The molecular weight excluding hydrogens is 209 g/mol. The van der Waals surface area contributed by atoms with Crippen molar-refractivity contribution in [2.45, 2.75) is 0 Å². The summed E-state index contributed by atoms with van der Waals surface area (Å²) in [5, 5.41) is 17.8. The van der Waals surface area contributed by atoms with Crippen LogP contribution in [0.25, 0.3) is 5.65 Å². The fraction of sp³-hybridized carbons (Fsp3) is 0.125. The maximum absolute atomic E-state index is 10.7. The molecule has 0 spiro atoms. The van der Waals surface area contributed by atoms with Crippen molar-refractivity contribution in [3.63, 3.8) is 0 Å². The third-order valence-corrected chi connectivity index (χ3v) is 1.78. The second-order valence-electron chi connectivity index (χ2n) is 2.57. The Morgan fingerprint density at radius 2 is 2.20 bits per heavy atom. The van der Waals surface area contributed by atoms with E-state index in [0.717, 1.165) is 0 Å².